The van der Waals surface area contributed by atoms with Gasteiger partial charge in [-0.3, -0.25) is 4.57 Å². The largest absolute Gasteiger partial charge is 0.337 e. The zero-order valence-electron chi connectivity index (χ0n) is 8.63. The van der Waals surface area contributed by atoms with Crippen molar-refractivity contribution in [1.82, 2.24) is 9.55 Å². The van der Waals surface area contributed by atoms with Crippen LogP contribution in [0.1, 0.15) is 12.6 Å². The van der Waals surface area contributed by atoms with Crippen LogP contribution in [0.4, 0.5) is 0 Å². The predicted molar refractivity (Wildman–Crippen MR) is 78.1 cm³/mol. The van der Waals surface area contributed by atoms with Gasteiger partial charge in [-0.25, -0.2) is 0 Å². The molecule has 0 spiro atoms. The molecule has 1 aromatic carbocycles. The molecule has 0 radical (unpaired) electrons. The van der Waals surface area contributed by atoms with Crippen molar-refractivity contribution in [2.45, 2.75) is 13.3 Å². The fraction of sp³-hybridized carbons (Fsp3) is 0.182. The first-order valence-electron chi connectivity index (χ1n) is 4.88. The molecule has 2 nitrogen and oxygen atoms in total. The smallest absolute Gasteiger partial charge is 0.182 e. The normalized spacial score (nSPS) is 10.7. The Morgan fingerprint density at radius 1 is 1.50 bits per heavy atom. The van der Waals surface area contributed by atoms with E-state index in [0.717, 1.165) is 25.5 Å². The van der Waals surface area contributed by atoms with Gasteiger partial charge in [0, 0.05) is 20.5 Å². The summed E-state index contributed by atoms with van der Waals surface area (Å²) < 4.78 is 3.86. The van der Waals surface area contributed by atoms with E-state index in [1.54, 1.807) is 0 Å². The Bertz CT molecular complexity index is 574. The van der Waals surface area contributed by atoms with Crippen LogP contribution in [0.15, 0.2) is 24.4 Å². The highest BCUT2D eigenvalue weighted by Crippen LogP contribution is 2.23. The lowest BCUT2D eigenvalue weighted by Gasteiger charge is -2.09. The van der Waals surface area contributed by atoms with E-state index in [1.807, 2.05) is 29.0 Å². The highest BCUT2D eigenvalue weighted by Gasteiger charge is 2.08. The van der Waals surface area contributed by atoms with E-state index >= 15 is 0 Å². The van der Waals surface area contributed by atoms with Gasteiger partial charge in [0.25, 0.3) is 0 Å². The van der Waals surface area contributed by atoms with Gasteiger partial charge in [0.1, 0.15) is 0 Å². The Balaban J connectivity index is 2.67. The molecule has 2 rings (SSSR count). The summed E-state index contributed by atoms with van der Waals surface area (Å²) in [6, 6.07) is 5.81. The second kappa shape index (κ2) is 4.89. The van der Waals surface area contributed by atoms with Crippen LogP contribution in [0.3, 0.4) is 0 Å². The maximum atomic E-state index is 5.94. The monoisotopic (exact) mass is 364 g/mol. The summed E-state index contributed by atoms with van der Waals surface area (Å²) >= 11 is 13.5. The average Bonchev–Trinajstić information content (AvgIpc) is 2.60. The Morgan fingerprint density at radius 2 is 2.25 bits per heavy atom. The van der Waals surface area contributed by atoms with E-state index in [2.05, 4.69) is 34.5 Å². The third-order valence-corrected chi connectivity index (χ3v) is 3.76. The van der Waals surface area contributed by atoms with Gasteiger partial charge in [0.05, 0.1) is 5.69 Å². The fourth-order valence-electron chi connectivity index (χ4n) is 1.59. The third-order valence-electron chi connectivity index (χ3n) is 2.37. The van der Waals surface area contributed by atoms with Crippen molar-refractivity contribution in [3.05, 3.63) is 43.5 Å². The number of rotatable bonds is 2. The number of imidazole rings is 1. The summed E-state index contributed by atoms with van der Waals surface area (Å²) in [5.74, 6) is 0. The Hall–Kier alpha value is -0.330. The number of hydrogen-bond acceptors (Lipinski definition) is 1. The number of nitrogens with one attached hydrogen (secondary N) is 1. The minimum Gasteiger partial charge on any atom is -0.337 e. The van der Waals surface area contributed by atoms with E-state index < -0.39 is 0 Å². The number of halogens is 2. The van der Waals surface area contributed by atoms with Crippen molar-refractivity contribution in [3.63, 3.8) is 0 Å². The fourth-order valence-corrected chi connectivity index (χ4v) is 2.98. The molecular formula is C11H10ClIN2S. The van der Waals surface area contributed by atoms with Gasteiger partial charge < -0.3 is 4.98 Å². The molecule has 0 saturated carbocycles. The van der Waals surface area contributed by atoms with Gasteiger partial charge in [-0.2, -0.15) is 0 Å². The van der Waals surface area contributed by atoms with E-state index in [0.29, 0.717) is 0 Å². The van der Waals surface area contributed by atoms with Gasteiger partial charge >= 0.3 is 0 Å². The average molecular weight is 365 g/mol. The number of aromatic amines is 1. The lowest BCUT2D eigenvalue weighted by atomic mass is 10.3. The van der Waals surface area contributed by atoms with E-state index in [9.17, 15) is 0 Å². The molecular weight excluding hydrogens is 355 g/mol. The highest BCUT2D eigenvalue weighted by molar-refractivity contribution is 14.1. The van der Waals surface area contributed by atoms with Crippen LogP contribution in [-0.4, -0.2) is 9.55 Å². The zero-order chi connectivity index (χ0) is 11.7. The second-order valence-electron chi connectivity index (χ2n) is 3.37. The second-order valence-corrected chi connectivity index (χ2v) is 5.36. The molecule has 0 fully saturated rings. The van der Waals surface area contributed by atoms with Crippen LogP contribution in [0, 0.1) is 8.34 Å². The molecule has 0 atom stereocenters. The Kier molecular flexibility index (Phi) is 3.71. The summed E-state index contributed by atoms with van der Waals surface area (Å²) in [5.41, 5.74) is 2.25. The van der Waals surface area contributed by atoms with E-state index in [4.69, 9.17) is 23.8 Å². The molecule has 2 aromatic rings. The molecule has 0 aliphatic heterocycles. The first-order valence-corrected chi connectivity index (χ1v) is 6.74. The van der Waals surface area contributed by atoms with Crippen LogP contribution in [0.5, 0.6) is 0 Å². The molecule has 1 N–H and O–H groups in total. The lowest BCUT2D eigenvalue weighted by Crippen LogP contribution is -2.01. The number of H-pyrrole nitrogens is 1. The molecule has 0 unspecified atom stereocenters. The minimum atomic E-state index is 0.720. The zero-order valence-corrected chi connectivity index (χ0v) is 12.4. The summed E-state index contributed by atoms with van der Waals surface area (Å²) in [6.07, 6.45) is 2.89. The van der Waals surface area contributed by atoms with Crippen LogP contribution in [0.25, 0.3) is 5.69 Å². The molecule has 16 heavy (non-hydrogen) atoms. The van der Waals surface area contributed by atoms with Crippen LogP contribution in [-0.2, 0) is 6.42 Å². The summed E-state index contributed by atoms with van der Waals surface area (Å²) in [5, 5.41) is 0.744. The first-order chi connectivity index (χ1) is 7.63. The van der Waals surface area contributed by atoms with Gasteiger partial charge in [-0.1, -0.05) is 18.5 Å². The molecule has 84 valence electrons. The van der Waals surface area contributed by atoms with E-state index in [1.165, 1.54) is 5.69 Å². The number of hydrogen-bond donors (Lipinski definition) is 1. The Morgan fingerprint density at radius 3 is 2.88 bits per heavy atom. The maximum absolute atomic E-state index is 5.94. The minimum absolute atomic E-state index is 0.720. The highest BCUT2D eigenvalue weighted by atomic mass is 127. The molecule has 0 saturated heterocycles. The molecule has 0 aliphatic rings. The number of aromatic nitrogens is 2. The topological polar surface area (TPSA) is 20.7 Å². The van der Waals surface area contributed by atoms with Crippen LogP contribution >= 0.6 is 46.4 Å². The van der Waals surface area contributed by atoms with Gasteiger partial charge in [0.15, 0.2) is 4.77 Å². The summed E-state index contributed by atoms with van der Waals surface area (Å²) in [4.78, 5) is 3.07. The lowest BCUT2D eigenvalue weighted by molar-refractivity contribution is 0.918. The molecule has 0 amide bonds. The quantitative estimate of drug-likeness (QED) is 0.620. The SMILES string of the molecule is CCc1c[nH]c(=S)n1-c1ccc(Cl)cc1I. The van der Waals surface area contributed by atoms with Crippen molar-refractivity contribution in [2.24, 2.45) is 0 Å². The van der Waals surface area contributed by atoms with Crippen molar-refractivity contribution >= 4 is 46.4 Å². The first kappa shape index (κ1) is 12.1. The molecule has 5 heteroatoms. The number of aryl methyl sites for hydroxylation is 1. The predicted octanol–water partition coefficient (Wildman–Crippen LogP) is 4.36. The van der Waals surface area contributed by atoms with E-state index in [-0.39, 0.29) is 0 Å². The van der Waals surface area contributed by atoms with Crippen LogP contribution < -0.4 is 0 Å². The maximum Gasteiger partial charge on any atom is 0.182 e. The van der Waals surface area contributed by atoms with Crippen LogP contribution in [0.2, 0.25) is 5.02 Å². The van der Waals surface area contributed by atoms with Gasteiger partial charge in [-0.05, 0) is 59.4 Å². The molecule has 1 heterocycles. The molecule has 0 aliphatic carbocycles. The van der Waals surface area contributed by atoms with Crippen molar-refractivity contribution in [1.29, 1.82) is 0 Å². The van der Waals surface area contributed by atoms with Crippen molar-refractivity contribution < 1.29 is 0 Å². The Labute approximate surface area is 118 Å². The van der Waals surface area contributed by atoms with Crippen molar-refractivity contribution in [3.8, 4) is 5.69 Å². The third kappa shape index (κ3) is 2.19. The number of nitrogens with zero attached hydrogens (tertiary/aromatic N) is 1. The molecule has 1 aromatic heterocycles. The van der Waals surface area contributed by atoms with Crippen molar-refractivity contribution in [2.75, 3.05) is 0 Å². The standard InChI is InChI=1S/C11H10ClIN2S/c1-2-8-6-14-11(16)15(8)10-4-3-7(12)5-9(10)13/h3-6H,2H2,1H3,(H,14,16). The number of benzene rings is 1. The van der Waals surface area contributed by atoms with Gasteiger partial charge in [-0.15, -0.1) is 0 Å². The molecule has 0 bridgehead atoms. The van der Waals surface area contributed by atoms with Gasteiger partial charge in [0.2, 0.25) is 0 Å². The summed E-state index contributed by atoms with van der Waals surface area (Å²) in [7, 11) is 0. The summed E-state index contributed by atoms with van der Waals surface area (Å²) in [6.45, 7) is 2.11.